The molecule has 148 valence electrons. The number of rotatable bonds is 7. The molecule has 29 heavy (non-hydrogen) atoms. The summed E-state index contributed by atoms with van der Waals surface area (Å²) in [6.07, 6.45) is 0.126. The zero-order valence-corrected chi connectivity index (χ0v) is 16.3. The van der Waals surface area contributed by atoms with Crippen molar-refractivity contribution in [3.8, 4) is 0 Å². The van der Waals surface area contributed by atoms with Gasteiger partial charge in [0.1, 0.15) is 11.3 Å². The molecular formula is C23H22N2O4. The van der Waals surface area contributed by atoms with E-state index in [-0.39, 0.29) is 46.8 Å². The molecule has 3 aromatic rings. The van der Waals surface area contributed by atoms with Crippen LogP contribution in [0.4, 0.5) is 5.88 Å². The number of nitrogens with two attached hydrogens (primary N) is 1. The van der Waals surface area contributed by atoms with Gasteiger partial charge < -0.3 is 10.2 Å². The Kier molecular flexibility index (Phi) is 5.93. The summed E-state index contributed by atoms with van der Waals surface area (Å²) in [6, 6.07) is 19.4. The van der Waals surface area contributed by atoms with E-state index in [2.05, 4.69) is 5.32 Å². The van der Waals surface area contributed by atoms with Gasteiger partial charge >= 0.3 is 0 Å². The third kappa shape index (κ3) is 4.43. The van der Waals surface area contributed by atoms with Gasteiger partial charge in [0.2, 0.25) is 11.8 Å². The van der Waals surface area contributed by atoms with Crippen LogP contribution in [0, 0.1) is 6.92 Å². The van der Waals surface area contributed by atoms with Crippen molar-refractivity contribution in [3.63, 3.8) is 0 Å². The van der Waals surface area contributed by atoms with E-state index in [1.807, 2.05) is 60.7 Å². The average Bonchev–Trinajstić information content (AvgIpc) is 3.03. The number of anilines is 1. The first-order valence-electron chi connectivity index (χ1n) is 9.22. The number of aryl methyl sites for hydroxylation is 1. The molecule has 2 aromatic carbocycles. The monoisotopic (exact) mass is 390 g/mol. The smallest absolute Gasteiger partial charge is 0.255 e. The Hall–Kier alpha value is -3.67. The highest BCUT2D eigenvalue weighted by molar-refractivity contribution is 6.11. The molecule has 1 aromatic heterocycles. The second-order valence-corrected chi connectivity index (χ2v) is 6.78. The van der Waals surface area contributed by atoms with Crippen molar-refractivity contribution >= 4 is 23.5 Å². The van der Waals surface area contributed by atoms with Gasteiger partial charge in [0.15, 0.2) is 5.78 Å². The Labute approximate surface area is 168 Å². The minimum atomic E-state index is -0.829. The summed E-state index contributed by atoms with van der Waals surface area (Å²) in [6.45, 7) is 2.87. The Balaban J connectivity index is 1.90. The van der Waals surface area contributed by atoms with E-state index in [0.29, 0.717) is 0 Å². The normalized spacial score (nSPS) is 10.7. The third-order valence-electron chi connectivity index (χ3n) is 4.73. The molecule has 0 saturated heterocycles. The maximum absolute atomic E-state index is 12.8. The van der Waals surface area contributed by atoms with Gasteiger partial charge in [-0.05, 0) is 25.0 Å². The van der Waals surface area contributed by atoms with Crippen LogP contribution in [0.25, 0.3) is 0 Å². The number of amides is 2. The number of carbonyl (C=O) groups excluding carboxylic acids is 3. The average molecular weight is 390 g/mol. The number of carbonyl (C=O) groups is 3. The van der Waals surface area contributed by atoms with Crippen molar-refractivity contribution in [3.05, 3.63) is 88.7 Å². The number of furan rings is 1. The Bertz CT molecular complexity index is 1000. The first-order chi connectivity index (χ1) is 13.9. The van der Waals surface area contributed by atoms with E-state index in [0.717, 1.165) is 11.1 Å². The Morgan fingerprint density at radius 1 is 0.931 bits per heavy atom. The molecule has 6 nitrogen and oxygen atoms in total. The second-order valence-electron chi connectivity index (χ2n) is 6.78. The summed E-state index contributed by atoms with van der Waals surface area (Å²) < 4.78 is 5.48. The number of Topliss-reactive ketones (excluding diaryl/α,β-unsaturated/α-hetero) is 1. The molecule has 0 radical (unpaired) electrons. The molecule has 3 N–H and O–H groups in total. The van der Waals surface area contributed by atoms with Crippen molar-refractivity contribution in [2.45, 2.75) is 26.2 Å². The molecule has 1 heterocycles. The number of primary amides is 1. The lowest BCUT2D eigenvalue weighted by Gasteiger charge is -2.17. The number of benzene rings is 2. The predicted octanol–water partition coefficient (Wildman–Crippen LogP) is 4.05. The lowest BCUT2D eigenvalue weighted by atomic mass is 9.88. The fourth-order valence-corrected chi connectivity index (χ4v) is 3.45. The molecule has 0 bridgehead atoms. The van der Waals surface area contributed by atoms with E-state index in [9.17, 15) is 14.4 Å². The van der Waals surface area contributed by atoms with Crippen molar-refractivity contribution in [2.24, 2.45) is 5.73 Å². The molecular weight excluding hydrogens is 368 g/mol. The van der Waals surface area contributed by atoms with Gasteiger partial charge in [-0.3, -0.25) is 19.7 Å². The van der Waals surface area contributed by atoms with Crippen LogP contribution in [0.3, 0.4) is 0 Å². The van der Waals surface area contributed by atoms with Gasteiger partial charge in [-0.2, -0.15) is 0 Å². The summed E-state index contributed by atoms with van der Waals surface area (Å²) >= 11 is 0. The van der Waals surface area contributed by atoms with Crippen molar-refractivity contribution < 1.29 is 18.8 Å². The van der Waals surface area contributed by atoms with Crippen LogP contribution in [-0.2, 0) is 4.79 Å². The van der Waals surface area contributed by atoms with E-state index >= 15 is 0 Å². The quantitative estimate of drug-likeness (QED) is 0.594. The van der Waals surface area contributed by atoms with Crippen LogP contribution in [0.2, 0.25) is 0 Å². The highest BCUT2D eigenvalue weighted by Gasteiger charge is 2.27. The van der Waals surface area contributed by atoms with Gasteiger partial charge in [0, 0.05) is 12.3 Å². The second kappa shape index (κ2) is 8.56. The lowest BCUT2D eigenvalue weighted by molar-refractivity contribution is -0.116. The molecule has 0 atom stereocenters. The summed E-state index contributed by atoms with van der Waals surface area (Å²) in [5.41, 5.74) is 7.40. The third-order valence-corrected chi connectivity index (χ3v) is 4.73. The highest BCUT2D eigenvalue weighted by Crippen LogP contribution is 2.30. The molecule has 0 aliphatic heterocycles. The molecule has 0 fully saturated rings. The molecule has 0 saturated carbocycles. The van der Waals surface area contributed by atoms with Crippen molar-refractivity contribution in [1.29, 1.82) is 0 Å². The van der Waals surface area contributed by atoms with E-state index in [4.69, 9.17) is 10.2 Å². The minimum Gasteiger partial charge on any atom is -0.444 e. The van der Waals surface area contributed by atoms with Gasteiger partial charge in [-0.1, -0.05) is 60.7 Å². The van der Waals surface area contributed by atoms with Crippen molar-refractivity contribution in [1.82, 2.24) is 0 Å². The van der Waals surface area contributed by atoms with Crippen LogP contribution >= 0.6 is 0 Å². The largest absolute Gasteiger partial charge is 0.444 e. The fourth-order valence-electron chi connectivity index (χ4n) is 3.45. The predicted molar refractivity (Wildman–Crippen MR) is 110 cm³/mol. The number of hydrogen-bond acceptors (Lipinski definition) is 4. The van der Waals surface area contributed by atoms with Crippen LogP contribution in [0.1, 0.15) is 56.9 Å². The van der Waals surface area contributed by atoms with E-state index in [1.165, 1.54) is 6.92 Å². The summed E-state index contributed by atoms with van der Waals surface area (Å²) in [5.74, 6) is -1.57. The van der Waals surface area contributed by atoms with Crippen LogP contribution < -0.4 is 11.1 Å². The molecule has 0 unspecified atom stereocenters. The Morgan fingerprint density at radius 2 is 1.45 bits per heavy atom. The molecule has 0 aliphatic carbocycles. The zero-order chi connectivity index (χ0) is 21.0. The number of nitrogens with one attached hydrogen (secondary N) is 1. The minimum absolute atomic E-state index is 0.0925. The zero-order valence-electron chi connectivity index (χ0n) is 16.3. The van der Waals surface area contributed by atoms with Gasteiger partial charge in [0.05, 0.1) is 5.56 Å². The molecule has 0 spiro atoms. The summed E-state index contributed by atoms with van der Waals surface area (Å²) in [4.78, 5) is 36.6. The number of ketones is 1. The Morgan fingerprint density at radius 3 is 1.90 bits per heavy atom. The lowest BCUT2D eigenvalue weighted by Crippen LogP contribution is -2.20. The van der Waals surface area contributed by atoms with Crippen LogP contribution in [0.15, 0.2) is 65.1 Å². The van der Waals surface area contributed by atoms with Crippen LogP contribution in [-0.4, -0.2) is 17.6 Å². The van der Waals surface area contributed by atoms with Gasteiger partial charge in [-0.15, -0.1) is 0 Å². The van der Waals surface area contributed by atoms with E-state index < -0.39 is 5.91 Å². The molecule has 3 rings (SSSR count). The first-order valence-corrected chi connectivity index (χ1v) is 9.22. The number of hydrogen-bond donors (Lipinski definition) is 2. The maximum Gasteiger partial charge on any atom is 0.255 e. The van der Waals surface area contributed by atoms with E-state index in [1.54, 1.807) is 6.92 Å². The molecule has 6 heteroatoms. The maximum atomic E-state index is 12.8. The summed E-state index contributed by atoms with van der Waals surface area (Å²) in [7, 11) is 0. The fraction of sp³-hybridized carbons (Fsp3) is 0.174. The van der Waals surface area contributed by atoms with Crippen molar-refractivity contribution in [2.75, 3.05) is 5.32 Å². The molecule has 0 aliphatic rings. The summed E-state index contributed by atoms with van der Waals surface area (Å²) in [5, 5.41) is 2.62. The standard InChI is InChI=1S/C23H22N2O4/c1-14(26)20-15(2)29-23(21(20)22(24)28)25-19(27)13-18(16-9-5-3-6-10-16)17-11-7-4-8-12-17/h3-12,18H,13H2,1-2H3,(H2,24,28)(H,25,27). The first kappa shape index (κ1) is 20.1. The molecule has 2 amide bonds. The van der Waals surface area contributed by atoms with Gasteiger partial charge in [0.25, 0.3) is 5.91 Å². The van der Waals surface area contributed by atoms with Gasteiger partial charge in [-0.25, -0.2) is 0 Å². The van der Waals surface area contributed by atoms with Crippen LogP contribution in [0.5, 0.6) is 0 Å². The highest BCUT2D eigenvalue weighted by atomic mass is 16.4. The SMILES string of the molecule is CC(=O)c1c(C)oc(NC(=O)CC(c2ccccc2)c2ccccc2)c1C(N)=O. The topological polar surface area (TPSA) is 102 Å².